The molecule has 1 aliphatic rings. The molecule has 4 aromatic rings. The van der Waals surface area contributed by atoms with E-state index in [4.69, 9.17) is 0 Å². The van der Waals surface area contributed by atoms with Gasteiger partial charge in [-0.15, -0.1) is 0 Å². The first-order chi connectivity index (χ1) is 15.9. The van der Waals surface area contributed by atoms with Crippen molar-refractivity contribution >= 4 is 33.8 Å². The molecule has 166 valence electrons. The number of carbonyl (C=O) groups excluding carboxylic acids is 1. The average molecular weight is 440 g/mol. The van der Waals surface area contributed by atoms with Crippen LogP contribution in [0.25, 0.3) is 16.6 Å². The van der Waals surface area contributed by atoms with Crippen LogP contribution >= 0.6 is 0 Å². The minimum absolute atomic E-state index is 0.252. The third-order valence-electron chi connectivity index (χ3n) is 6.08. The summed E-state index contributed by atoms with van der Waals surface area (Å²) in [5.41, 5.74) is 5.75. The number of aromatic nitrogens is 3. The zero-order valence-electron chi connectivity index (χ0n) is 18.8. The summed E-state index contributed by atoms with van der Waals surface area (Å²) < 4.78 is 1.86. The van der Waals surface area contributed by atoms with E-state index in [1.807, 2.05) is 41.9 Å². The van der Waals surface area contributed by atoms with E-state index in [0.717, 1.165) is 35.4 Å². The number of benzene rings is 1. The second-order valence-corrected chi connectivity index (χ2v) is 8.72. The molecule has 33 heavy (non-hydrogen) atoms. The van der Waals surface area contributed by atoms with Gasteiger partial charge < -0.3 is 19.9 Å². The Morgan fingerprint density at radius 3 is 2.55 bits per heavy atom. The van der Waals surface area contributed by atoms with Crippen molar-refractivity contribution in [1.82, 2.24) is 19.7 Å². The van der Waals surface area contributed by atoms with Gasteiger partial charge in [-0.3, -0.25) is 14.8 Å². The van der Waals surface area contributed by atoms with Crippen LogP contribution < -0.4 is 15.5 Å². The largest absolute Gasteiger partial charge is 0.367 e. The van der Waals surface area contributed by atoms with Crippen molar-refractivity contribution in [1.29, 1.82) is 5.26 Å². The molecule has 2 atom stereocenters. The molecular weight excluding hydrogens is 414 g/mol. The molecule has 5 rings (SSSR count). The van der Waals surface area contributed by atoms with Crippen LogP contribution in [0.4, 0.5) is 11.4 Å². The molecule has 3 aromatic heterocycles. The van der Waals surface area contributed by atoms with Crippen LogP contribution in [0.1, 0.15) is 35.3 Å². The van der Waals surface area contributed by atoms with Gasteiger partial charge in [-0.2, -0.15) is 5.26 Å². The van der Waals surface area contributed by atoms with E-state index in [9.17, 15) is 10.1 Å². The van der Waals surface area contributed by atoms with Crippen molar-refractivity contribution < 1.29 is 4.79 Å². The van der Waals surface area contributed by atoms with E-state index < -0.39 is 0 Å². The first-order valence-electron chi connectivity index (χ1n) is 11.0. The Kier molecular flexibility index (Phi) is 5.19. The average Bonchev–Trinajstić information content (AvgIpc) is 3.11. The second kappa shape index (κ2) is 8.19. The topological polar surface area (TPSA) is 98.3 Å². The number of pyridine rings is 1. The number of hydrogen-bond acceptors (Lipinski definition) is 6. The monoisotopic (exact) mass is 439 g/mol. The highest BCUT2D eigenvalue weighted by Crippen LogP contribution is 2.29. The lowest BCUT2D eigenvalue weighted by Gasteiger charge is -2.38. The molecule has 8 nitrogen and oxygen atoms in total. The highest BCUT2D eigenvalue weighted by Gasteiger charge is 2.24. The van der Waals surface area contributed by atoms with Crippen LogP contribution in [0.15, 0.2) is 49.1 Å². The minimum atomic E-state index is -0.252. The quantitative estimate of drug-likeness (QED) is 0.507. The molecule has 0 bridgehead atoms. The summed E-state index contributed by atoms with van der Waals surface area (Å²) >= 11 is 0. The third kappa shape index (κ3) is 3.77. The molecule has 0 radical (unpaired) electrons. The number of anilines is 2. The molecule has 8 heteroatoms. The number of amides is 1. The van der Waals surface area contributed by atoms with Gasteiger partial charge >= 0.3 is 0 Å². The number of nitriles is 1. The lowest BCUT2D eigenvalue weighted by Crippen LogP contribution is -2.54. The maximum Gasteiger partial charge on any atom is 0.257 e. The molecule has 1 aliphatic heterocycles. The maximum absolute atomic E-state index is 13.2. The van der Waals surface area contributed by atoms with Crippen LogP contribution in [0.2, 0.25) is 0 Å². The van der Waals surface area contributed by atoms with Gasteiger partial charge in [-0.25, -0.2) is 0 Å². The minimum Gasteiger partial charge on any atom is -0.367 e. The van der Waals surface area contributed by atoms with E-state index in [2.05, 4.69) is 45.4 Å². The molecule has 2 N–H and O–H groups in total. The number of rotatable bonds is 3. The van der Waals surface area contributed by atoms with Gasteiger partial charge in [-0.05, 0) is 50.6 Å². The molecule has 1 aromatic carbocycles. The normalized spacial score (nSPS) is 18.4. The van der Waals surface area contributed by atoms with Crippen molar-refractivity contribution in [2.24, 2.45) is 0 Å². The predicted octanol–water partition coefficient (Wildman–Crippen LogP) is 3.50. The smallest absolute Gasteiger partial charge is 0.257 e. The predicted molar refractivity (Wildman–Crippen MR) is 129 cm³/mol. The molecule has 0 saturated carbocycles. The Labute approximate surface area is 191 Å². The van der Waals surface area contributed by atoms with E-state index in [1.165, 1.54) is 0 Å². The number of carbonyl (C=O) groups is 1. The van der Waals surface area contributed by atoms with Gasteiger partial charge in [0.15, 0.2) is 0 Å². The van der Waals surface area contributed by atoms with Gasteiger partial charge in [0.25, 0.3) is 5.91 Å². The summed E-state index contributed by atoms with van der Waals surface area (Å²) in [4.78, 5) is 24.6. The van der Waals surface area contributed by atoms with E-state index in [0.29, 0.717) is 34.4 Å². The number of nitrogens with zero attached hydrogens (tertiary/aromatic N) is 5. The summed E-state index contributed by atoms with van der Waals surface area (Å²) in [5, 5.41) is 15.9. The van der Waals surface area contributed by atoms with Crippen LogP contribution in [0.3, 0.4) is 0 Å². The second-order valence-electron chi connectivity index (χ2n) is 8.72. The highest BCUT2D eigenvalue weighted by atomic mass is 16.1. The highest BCUT2D eigenvalue weighted by molar-refractivity contribution is 6.13. The first kappa shape index (κ1) is 20.9. The van der Waals surface area contributed by atoms with E-state index in [1.54, 1.807) is 18.5 Å². The zero-order valence-corrected chi connectivity index (χ0v) is 18.8. The fraction of sp³-hybridized carbons (Fsp3) is 0.280. The van der Waals surface area contributed by atoms with Crippen molar-refractivity contribution in [2.45, 2.75) is 32.9 Å². The SMILES string of the molecule is Cc1cn2cc(NC(=O)c3ccc(N4CC(C)NC(C)C4)c4nccnc34)ccc2c1C#N. The molecule has 0 aliphatic carbocycles. The van der Waals surface area contributed by atoms with Crippen LogP contribution in [0, 0.1) is 18.3 Å². The number of hydrogen-bond donors (Lipinski definition) is 2. The van der Waals surface area contributed by atoms with Gasteiger partial charge in [0, 0.05) is 50.0 Å². The van der Waals surface area contributed by atoms with Gasteiger partial charge in [0.1, 0.15) is 17.1 Å². The van der Waals surface area contributed by atoms with Crippen molar-refractivity contribution in [2.75, 3.05) is 23.3 Å². The van der Waals surface area contributed by atoms with Gasteiger partial charge in [-0.1, -0.05) is 0 Å². The molecule has 1 amide bonds. The summed E-state index contributed by atoms with van der Waals surface area (Å²) in [6.45, 7) is 7.96. The van der Waals surface area contributed by atoms with Crippen LogP contribution in [-0.4, -0.2) is 45.4 Å². The summed E-state index contributed by atoms with van der Waals surface area (Å²) in [7, 11) is 0. The third-order valence-corrected chi connectivity index (χ3v) is 6.08. The molecule has 1 saturated heterocycles. The maximum atomic E-state index is 13.2. The summed E-state index contributed by atoms with van der Waals surface area (Å²) in [6, 6.07) is 10.4. The Hall–Kier alpha value is -3.96. The standard InChI is InChI=1S/C25H25N7O/c1-15-11-31-14-18(4-6-21(31)20(15)10-26)30-25(33)19-5-7-22(24-23(19)27-8-9-28-24)32-12-16(2)29-17(3)13-32/h4-9,11,14,16-17,29H,12-13H2,1-3H3,(H,30,33). The Balaban J connectivity index is 1.48. The van der Waals surface area contributed by atoms with E-state index >= 15 is 0 Å². The van der Waals surface area contributed by atoms with Crippen LogP contribution in [0.5, 0.6) is 0 Å². The summed E-state index contributed by atoms with van der Waals surface area (Å²) in [5.74, 6) is -0.252. The molecule has 0 spiro atoms. The van der Waals surface area contributed by atoms with Gasteiger partial charge in [0.05, 0.1) is 28.0 Å². The zero-order chi connectivity index (χ0) is 23.1. The lowest BCUT2D eigenvalue weighted by atomic mass is 10.1. The number of nitrogens with one attached hydrogen (secondary N) is 2. The number of fused-ring (bicyclic) bond motifs is 2. The van der Waals surface area contributed by atoms with Crippen LogP contribution in [-0.2, 0) is 0 Å². The fourth-order valence-corrected chi connectivity index (χ4v) is 4.73. The Morgan fingerprint density at radius 2 is 1.82 bits per heavy atom. The number of aryl methyl sites for hydroxylation is 1. The molecule has 4 heterocycles. The van der Waals surface area contributed by atoms with Gasteiger partial charge in [0.2, 0.25) is 0 Å². The molecular formula is C25H25N7O. The lowest BCUT2D eigenvalue weighted by molar-refractivity contribution is 0.102. The van der Waals surface area contributed by atoms with Crippen molar-refractivity contribution in [3.63, 3.8) is 0 Å². The molecule has 1 fully saturated rings. The molecule has 2 unspecified atom stereocenters. The Bertz CT molecular complexity index is 1410. The first-order valence-corrected chi connectivity index (χ1v) is 11.0. The number of piperazine rings is 1. The van der Waals surface area contributed by atoms with E-state index in [-0.39, 0.29) is 5.91 Å². The van der Waals surface area contributed by atoms with Crippen molar-refractivity contribution in [3.05, 3.63) is 65.7 Å². The summed E-state index contributed by atoms with van der Waals surface area (Å²) in [6.07, 6.45) is 6.98. The fourth-order valence-electron chi connectivity index (χ4n) is 4.73. The van der Waals surface area contributed by atoms with Crippen molar-refractivity contribution in [3.8, 4) is 6.07 Å². The Morgan fingerprint density at radius 1 is 1.09 bits per heavy atom.